The van der Waals surface area contributed by atoms with Crippen molar-refractivity contribution < 1.29 is 9.18 Å². The van der Waals surface area contributed by atoms with E-state index in [0.29, 0.717) is 5.69 Å². The summed E-state index contributed by atoms with van der Waals surface area (Å²) in [6, 6.07) is 7.63. The second-order valence-electron chi connectivity index (χ2n) is 4.83. The lowest BCUT2D eigenvalue weighted by Crippen LogP contribution is -2.29. The molecule has 2 unspecified atom stereocenters. The number of rotatable bonds is 3. The average Bonchev–Trinajstić information content (AvgIpc) is 2.75. The fourth-order valence-electron chi connectivity index (χ4n) is 2.38. The number of nitrogens with one attached hydrogen (secondary N) is 2. The Morgan fingerprint density at radius 2 is 2.25 bits per heavy atom. The van der Waals surface area contributed by atoms with E-state index in [1.807, 2.05) is 19.1 Å². The standard InChI is InChI=1S/C15H14FN3O/c1-9(10-3-2-6-17-8-10)18-14-12-5-4-11(16)7-13(12)19-15(14)20/h2-9,14,18H,1H3,(H,19,20). The maximum Gasteiger partial charge on any atom is 0.246 e. The molecule has 2 atom stereocenters. The predicted octanol–water partition coefficient (Wildman–Crippen LogP) is 2.56. The van der Waals surface area contributed by atoms with Gasteiger partial charge in [-0.05, 0) is 30.7 Å². The molecule has 1 aliphatic rings. The van der Waals surface area contributed by atoms with Crippen LogP contribution in [0, 0.1) is 5.82 Å². The summed E-state index contributed by atoms with van der Waals surface area (Å²) >= 11 is 0. The summed E-state index contributed by atoms with van der Waals surface area (Å²) in [6.45, 7) is 1.96. The van der Waals surface area contributed by atoms with E-state index in [9.17, 15) is 9.18 Å². The van der Waals surface area contributed by atoms with Crippen LogP contribution in [0.25, 0.3) is 0 Å². The molecule has 0 bridgehead atoms. The van der Waals surface area contributed by atoms with Crippen molar-refractivity contribution in [2.45, 2.75) is 19.0 Å². The molecule has 0 saturated carbocycles. The highest BCUT2D eigenvalue weighted by Gasteiger charge is 2.31. The van der Waals surface area contributed by atoms with Gasteiger partial charge < -0.3 is 5.32 Å². The van der Waals surface area contributed by atoms with Gasteiger partial charge >= 0.3 is 0 Å². The molecule has 0 radical (unpaired) electrons. The maximum atomic E-state index is 13.2. The molecule has 2 N–H and O–H groups in total. The van der Waals surface area contributed by atoms with E-state index < -0.39 is 6.04 Å². The first kappa shape index (κ1) is 12.7. The van der Waals surface area contributed by atoms with Crippen LogP contribution >= 0.6 is 0 Å². The number of hydrogen-bond donors (Lipinski definition) is 2. The Bertz CT molecular complexity index is 645. The topological polar surface area (TPSA) is 54.0 Å². The first-order valence-electron chi connectivity index (χ1n) is 6.41. The number of carbonyl (C=O) groups excluding carboxylic acids is 1. The summed E-state index contributed by atoms with van der Waals surface area (Å²) in [4.78, 5) is 16.1. The van der Waals surface area contributed by atoms with E-state index in [1.165, 1.54) is 12.1 Å². The van der Waals surface area contributed by atoms with E-state index >= 15 is 0 Å². The molecule has 0 saturated heterocycles. The lowest BCUT2D eigenvalue weighted by atomic mass is 10.1. The predicted molar refractivity (Wildman–Crippen MR) is 73.6 cm³/mol. The van der Waals surface area contributed by atoms with Gasteiger partial charge in [0.2, 0.25) is 5.91 Å². The van der Waals surface area contributed by atoms with Gasteiger partial charge in [-0.1, -0.05) is 12.1 Å². The van der Waals surface area contributed by atoms with Crippen LogP contribution in [0.5, 0.6) is 0 Å². The molecule has 0 fully saturated rings. The molecule has 1 aromatic carbocycles. The van der Waals surface area contributed by atoms with Crippen molar-refractivity contribution in [3.8, 4) is 0 Å². The Morgan fingerprint density at radius 1 is 1.40 bits per heavy atom. The molecule has 2 aromatic rings. The Labute approximate surface area is 116 Å². The number of amides is 1. The van der Waals surface area contributed by atoms with Crippen LogP contribution in [0.3, 0.4) is 0 Å². The van der Waals surface area contributed by atoms with Crippen LogP contribution in [0.2, 0.25) is 0 Å². The molecule has 0 spiro atoms. The Balaban J connectivity index is 1.84. The van der Waals surface area contributed by atoms with Gasteiger partial charge in [0.1, 0.15) is 11.9 Å². The fourth-order valence-corrected chi connectivity index (χ4v) is 2.38. The number of carbonyl (C=O) groups is 1. The molecule has 1 aliphatic heterocycles. The van der Waals surface area contributed by atoms with E-state index in [-0.39, 0.29) is 17.8 Å². The molecular formula is C15H14FN3O. The minimum absolute atomic E-state index is 0.0320. The van der Waals surface area contributed by atoms with Gasteiger partial charge in [0.05, 0.1) is 0 Å². The van der Waals surface area contributed by atoms with Crippen molar-refractivity contribution in [1.29, 1.82) is 0 Å². The minimum atomic E-state index is -0.471. The quantitative estimate of drug-likeness (QED) is 0.902. The molecule has 4 nitrogen and oxygen atoms in total. The van der Waals surface area contributed by atoms with Crippen LogP contribution in [-0.4, -0.2) is 10.9 Å². The molecular weight excluding hydrogens is 257 g/mol. The highest BCUT2D eigenvalue weighted by atomic mass is 19.1. The third-order valence-electron chi connectivity index (χ3n) is 3.45. The molecule has 1 amide bonds. The van der Waals surface area contributed by atoms with Crippen molar-refractivity contribution in [3.05, 3.63) is 59.7 Å². The first-order chi connectivity index (χ1) is 9.65. The third kappa shape index (κ3) is 2.28. The maximum absolute atomic E-state index is 13.2. The van der Waals surface area contributed by atoms with E-state index in [0.717, 1.165) is 11.1 Å². The summed E-state index contributed by atoms with van der Waals surface area (Å²) in [6.07, 6.45) is 3.46. The molecule has 1 aromatic heterocycles. The summed E-state index contributed by atoms with van der Waals surface area (Å²) in [5.74, 6) is -0.522. The van der Waals surface area contributed by atoms with Gasteiger partial charge in [-0.15, -0.1) is 0 Å². The number of pyridine rings is 1. The van der Waals surface area contributed by atoms with Crippen LogP contribution < -0.4 is 10.6 Å². The zero-order valence-corrected chi connectivity index (χ0v) is 10.9. The fraction of sp³-hybridized carbons (Fsp3) is 0.200. The number of aromatic nitrogens is 1. The Morgan fingerprint density at radius 3 is 3.00 bits per heavy atom. The molecule has 5 heteroatoms. The number of anilines is 1. The summed E-state index contributed by atoms with van der Waals surface area (Å²) < 4.78 is 13.2. The number of fused-ring (bicyclic) bond motifs is 1. The van der Waals surface area contributed by atoms with Crippen LogP contribution in [0.1, 0.15) is 30.1 Å². The molecule has 3 rings (SSSR count). The van der Waals surface area contributed by atoms with E-state index in [1.54, 1.807) is 18.5 Å². The average molecular weight is 271 g/mol. The van der Waals surface area contributed by atoms with Gasteiger partial charge in [0.15, 0.2) is 0 Å². The van der Waals surface area contributed by atoms with Gasteiger partial charge in [0.25, 0.3) is 0 Å². The SMILES string of the molecule is CC(NC1C(=O)Nc2cc(F)ccc21)c1cccnc1. The van der Waals surface area contributed by atoms with Crippen molar-refractivity contribution in [3.63, 3.8) is 0 Å². The van der Waals surface area contributed by atoms with Crippen LogP contribution in [0.4, 0.5) is 10.1 Å². The van der Waals surface area contributed by atoms with Crippen LogP contribution in [0.15, 0.2) is 42.7 Å². The van der Waals surface area contributed by atoms with E-state index in [2.05, 4.69) is 15.6 Å². The second-order valence-corrected chi connectivity index (χ2v) is 4.83. The Kier molecular flexibility index (Phi) is 3.20. The van der Waals surface area contributed by atoms with Gasteiger partial charge in [-0.25, -0.2) is 4.39 Å². The monoisotopic (exact) mass is 271 g/mol. The van der Waals surface area contributed by atoms with Gasteiger partial charge in [-0.3, -0.25) is 15.1 Å². The highest BCUT2D eigenvalue weighted by Crippen LogP contribution is 2.32. The molecule has 2 heterocycles. The number of halogens is 1. The van der Waals surface area contributed by atoms with Crippen molar-refractivity contribution in [1.82, 2.24) is 10.3 Å². The van der Waals surface area contributed by atoms with Crippen molar-refractivity contribution >= 4 is 11.6 Å². The van der Waals surface area contributed by atoms with Crippen LogP contribution in [-0.2, 0) is 4.79 Å². The normalized spacial score (nSPS) is 18.5. The first-order valence-corrected chi connectivity index (χ1v) is 6.41. The molecule has 0 aliphatic carbocycles. The number of hydrogen-bond acceptors (Lipinski definition) is 3. The zero-order valence-electron chi connectivity index (χ0n) is 10.9. The Hall–Kier alpha value is -2.27. The highest BCUT2D eigenvalue weighted by molar-refractivity contribution is 6.02. The molecule has 102 valence electrons. The van der Waals surface area contributed by atoms with Crippen molar-refractivity contribution in [2.75, 3.05) is 5.32 Å². The second kappa shape index (κ2) is 5.02. The summed E-state index contributed by atoms with van der Waals surface area (Å²) in [5.41, 5.74) is 2.30. The smallest absolute Gasteiger partial charge is 0.246 e. The van der Waals surface area contributed by atoms with Crippen molar-refractivity contribution in [2.24, 2.45) is 0 Å². The third-order valence-corrected chi connectivity index (χ3v) is 3.45. The van der Waals surface area contributed by atoms with Gasteiger partial charge in [-0.2, -0.15) is 0 Å². The van der Waals surface area contributed by atoms with E-state index in [4.69, 9.17) is 0 Å². The zero-order chi connectivity index (χ0) is 14.1. The molecule has 20 heavy (non-hydrogen) atoms. The lowest BCUT2D eigenvalue weighted by Gasteiger charge is -2.18. The minimum Gasteiger partial charge on any atom is -0.324 e. The number of nitrogens with zero attached hydrogens (tertiary/aromatic N) is 1. The number of benzene rings is 1. The summed E-state index contributed by atoms with van der Waals surface area (Å²) in [5, 5.41) is 5.93. The van der Waals surface area contributed by atoms with Gasteiger partial charge in [0, 0.05) is 29.7 Å². The lowest BCUT2D eigenvalue weighted by molar-refractivity contribution is -0.117. The largest absolute Gasteiger partial charge is 0.324 e. The summed E-state index contributed by atoms with van der Waals surface area (Å²) in [7, 11) is 0.